The first-order valence-electron chi connectivity index (χ1n) is 8.03. The molecule has 2 aromatic heterocycles. The third-order valence-electron chi connectivity index (χ3n) is 4.83. The summed E-state index contributed by atoms with van der Waals surface area (Å²) in [5.41, 5.74) is 6.54. The fourth-order valence-electron chi connectivity index (χ4n) is 3.54. The van der Waals surface area contributed by atoms with Crippen LogP contribution in [-0.2, 0) is 0 Å². The van der Waals surface area contributed by atoms with Crippen LogP contribution in [0.2, 0.25) is 0 Å². The summed E-state index contributed by atoms with van der Waals surface area (Å²) >= 11 is 0. The van der Waals surface area contributed by atoms with E-state index in [-0.39, 0.29) is 54.8 Å². The van der Waals surface area contributed by atoms with E-state index in [1.54, 1.807) is 10.6 Å². The minimum atomic E-state index is -0.581. The van der Waals surface area contributed by atoms with Crippen LogP contribution in [0.5, 0.6) is 5.75 Å². The lowest BCUT2D eigenvalue weighted by Crippen LogP contribution is -2.52. The molecule has 0 spiro atoms. The number of nitrogens with two attached hydrogens (primary N) is 1. The van der Waals surface area contributed by atoms with E-state index in [1.807, 2.05) is 0 Å². The Kier molecular flexibility index (Phi) is 6.46. The van der Waals surface area contributed by atoms with E-state index < -0.39 is 11.9 Å². The molecule has 1 fully saturated rings. The monoisotopic (exact) mass is 406 g/mol. The predicted molar refractivity (Wildman–Crippen MR) is 100 cm³/mol. The molecule has 0 aromatic carbocycles. The molecule has 144 valence electrons. The van der Waals surface area contributed by atoms with E-state index in [0.29, 0.717) is 30.5 Å². The number of hydrogen-bond donors (Lipinski definition) is 2. The van der Waals surface area contributed by atoms with Gasteiger partial charge in [-0.15, -0.1) is 24.8 Å². The molecule has 0 unspecified atom stereocenters. The van der Waals surface area contributed by atoms with Gasteiger partial charge in [0.15, 0.2) is 11.6 Å². The van der Waals surface area contributed by atoms with Crippen molar-refractivity contribution in [2.24, 2.45) is 5.73 Å². The molecule has 10 heteroatoms. The second-order valence-corrected chi connectivity index (χ2v) is 6.45. The van der Waals surface area contributed by atoms with Gasteiger partial charge >= 0.3 is 0 Å². The summed E-state index contributed by atoms with van der Waals surface area (Å²) in [7, 11) is 0. The lowest BCUT2D eigenvalue weighted by Gasteiger charge is -2.37. The van der Waals surface area contributed by atoms with Gasteiger partial charge in [0.25, 0.3) is 5.56 Å². The van der Waals surface area contributed by atoms with E-state index in [2.05, 4.69) is 9.88 Å². The largest absolute Gasteiger partial charge is 0.486 e. The lowest BCUT2D eigenvalue weighted by molar-refractivity contribution is 0.0414. The number of nitrogens with zero attached hydrogens (tertiary/aromatic N) is 3. The van der Waals surface area contributed by atoms with Crippen molar-refractivity contribution in [3.63, 3.8) is 0 Å². The number of pyridine rings is 2. The highest BCUT2D eigenvalue weighted by Gasteiger charge is 2.31. The maximum Gasteiger partial charge on any atom is 0.251 e. The quantitative estimate of drug-likeness (QED) is 0.762. The Morgan fingerprint density at radius 3 is 2.88 bits per heavy atom. The SMILES string of the molecule is Cl.Cl.N[C@@H]1CCN(C[C@@H]2COc3c(F)cnc4ccc(=O)n2c34)C[C@@H]1O. The molecule has 0 radical (unpaired) electrons. The van der Waals surface area contributed by atoms with Crippen LogP contribution >= 0.6 is 24.8 Å². The third-order valence-corrected chi connectivity index (χ3v) is 4.83. The van der Waals surface area contributed by atoms with Gasteiger partial charge < -0.3 is 15.6 Å². The number of ether oxygens (including phenoxy) is 1. The predicted octanol–water partition coefficient (Wildman–Crippen LogP) is 0.707. The van der Waals surface area contributed by atoms with Gasteiger partial charge in [0.2, 0.25) is 0 Å². The zero-order valence-corrected chi connectivity index (χ0v) is 15.5. The van der Waals surface area contributed by atoms with Crippen LogP contribution in [0.3, 0.4) is 0 Å². The number of β-amino-alcohol motifs (C(OH)–C–C–N with tert-alkyl or cyclic N) is 1. The molecule has 7 nitrogen and oxygen atoms in total. The topological polar surface area (TPSA) is 93.6 Å². The molecule has 2 aliphatic heterocycles. The molecule has 26 heavy (non-hydrogen) atoms. The molecule has 2 aliphatic rings. The molecule has 2 aromatic rings. The van der Waals surface area contributed by atoms with E-state index >= 15 is 0 Å². The Balaban J connectivity index is 0.00000121. The average molecular weight is 407 g/mol. The number of likely N-dealkylation sites (tertiary alicyclic amines) is 1. The Hall–Kier alpha value is -1.45. The normalized spacial score (nSPS) is 25.1. The smallest absolute Gasteiger partial charge is 0.251 e. The standard InChI is InChI=1S/C16H19FN4O3.2ClH/c17-10-5-19-12-1-2-14(23)21-9(8-24-16(10)15(12)21)6-20-4-3-11(18)13(22)7-20;;/h1-2,5,9,11,13,22H,3-4,6-8,18H2;2*1H/t9-,11-,13+;;/m1../s1. The maximum absolute atomic E-state index is 14.0. The second kappa shape index (κ2) is 8.06. The highest BCUT2D eigenvalue weighted by atomic mass is 35.5. The number of piperidine rings is 1. The summed E-state index contributed by atoms with van der Waals surface area (Å²) in [6.45, 7) is 1.93. The number of aliphatic hydroxyl groups is 1. The van der Waals surface area contributed by atoms with Crippen LogP contribution in [0.15, 0.2) is 23.1 Å². The van der Waals surface area contributed by atoms with Crippen molar-refractivity contribution in [2.75, 3.05) is 26.2 Å². The van der Waals surface area contributed by atoms with E-state index in [0.717, 1.165) is 12.7 Å². The van der Waals surface area contributed by atoms with Crippen molar-refractivity contribution in [1.82, 2.24) is 14.5 Å². The molecule has 3 N–H and O–H groups in total. The van der Waals surface area contributed by atoms with Crippen LogP contribution in [0.1, 0.15) is 12.5 Å². The summed E-state index contributed by atoms with van der Waals surface area (Å²) < 4.78 is 21.1. The summed E-state index contributed by atoms with van der Waals surface area (Å²) in [5, 5.41) is 9.95. The molecular formula is C16H21Cl2FN4O3. The van der Waals surface area contributed by atoms with Gasteiger partial charge in [0.05, 0.1) is 23.9 Å². The van der Waals surface area contributed by atoms with Crippen LogP contribution in [0.4, 0.5) is 4.39 Å². The van der Waals surface area contributed by atoms with Gasteiger partial charge in [-0.1, -0.05) is 0 Å². The number of aliphatic hydroxyl groups excluding tert-OH is 1. The van der Waals surface area contributed by atoms with Crippen molar-refractivity contribution in [3.8, 4) is 5.75 Å². The molecule has 0 amide bonds. The summed E-state index contributed by atoms with van der Waals surface area (Å²) in [4.78, 5) is 18.5. The van der Waals surface area contributed by atoms with Crippen LogP contribution in [0, 0.1) is 5.82 Å². The minimum absolute atomic E-state index is 0. The van der Waals surface area contributed by atoms with E-state index in [9.17, 15) is 14.3 Å². The number of rotatable bonds is 2. The van der Waals surface area contributed by atoms with Crippen LogP contribution in [0.25, 0.3) is 11.0 Å². The maximum atomic E-state index is 14.0. The van der Waals surface area contributed by atoms with Crippen molar-refractivity contribution >= 4 is 35.8 Å². The second-order valence-electron chi connectivity index (χ2n) is 6.45. The van der Waals surface area contributed by atoms with Crippen LogP contribution < -0.4 is 16.0 Å². The number of halogens is 3. The van der Waals surface area contributed by atoms with E-state index in [4.69, 9.17) is 10.5 Å². The van der Waals surface area contributed by atoms with Gasteiger partial charge in [-0.2, -0.15) is 0 Å². The first-order chi connectivity index (χ1) is 11.5. The number of aromatic nitrogens is 2. The van der Waals surface area contributed by atoms with Crippen molar-refractivity contribution in [1.29, 1.82) is 0 Å². The first-order valence-corrected chi connectivity index (χ1v) is 8.03. The Labute approximate surface area is 161 Å². The molecule has 1 saturated heterocycles. The van der Waals surface area contributed by atoms with Crippen LogP contribution in [-0.4, -0.2) is 57.9 Å². The summed E-state index contributed by atoms with van der Waals surface area (Å²) in [6, 6.07) is 2.54. The first kappa shape index (κ1) is 20.9. The minimum Gasteiger partial charge on any atom is -0.486 e. The molecule has 0 aliphatic carbocycles. The van der Waals surface area contributed by atoms with Crippen molar-refractivity contribution in [3.05, 3.63) is 34.5 Å². The molecule has 4 rings (SSSR count). The highest BCUT2D eigenvalue weighted by molar-refractivity contribution is 5.85. The summed E-state index contributed by atoms with van der Waals surface area (Å²) in [5.74, 6) is -0.491. The molecule has 4 heterocycles. The Bertz CT molecular complexity index is 850. The van der Waals surface area contributed by atoms with Gasteiger partial charge in [-0.05, 0) is 19.0 Å². The van der Waals surface area contributed by atoms with Gasteiger partial charge in [-0.25, -0.2) is 4.39 Å². The lowest BCUT2D eigenvalue weighted by atomic mass is 10.0. The van der Waals surface area contributed by atoms with Gasteiger partial charge in [0, 0.05) is 25.2 Å². The van der Waals surface area contributed by atoms with Gasteiger partial charge in [0.1, 0.15) is 12.1 Å². The highest BCUT2D eigenvalue weighted by Crippen LogP contribution is 2.32. The Morgan fingerprint density at radius 1 is 1.38 bits per heavy atom. The van der Waals surface area contributed by atoms with E-state index in [1.165, 1.54) is 6.07 Å². The molecular weight excluding hydrogens is 386 g/mol. The zero-order valence-electron chi connectivity index (χ0n) is 13.9. The average Bonchev–Trinajstić information content (AvgIpc) is 2.57. The fraction of sp³-hybridized carbons (Fsp3) is 0.500. The van der Waals surface area contributed by atoms with Gasteiger partial charge in [-0.3, -0.25) is 19.2 Å². The Morgan fingerprint density at radius 2 is 2.15 bits per heavy atom. The fourth-order valence-corrected chi connectivity index (χ4v) is 3.54. The van der Waals surface area contributed by atoms with Crippen molar-refractivity contribution < 1.29 is 14.2 Å². The van der Waals surface area contributed by atoms with Crippen molar-refractivity contribution in [2.45, 2.75) is 24.6 Å². The zero-order chi connectivity index (χ0) is 16.8. The summed E-state index contributed by atoms with van der Waals surface area (Å²) in [6.07, 6.45) is 1.22. The molecule has 3 atom stereocenters. The third kappa shape index (κ3) is 3.52. The number of hydrogen-bond acceptors (Lipinski definition) is 6. The molecule has 0 bridgehead atoms. The molecule has 0 saturated carbocycles.